The molecule has 0 aliphatic carbocycles. The number of hydrogen-bond acceptors (Lipinski definition) is 6. The number of ether oxygens (including phenoxy) is 2. The van der Waals surface area contributed by atoms with Gasteiger partial charge in [0.05, 0.1) is 17.8 Å². The van der Waals surface area contributed by atoms with E-state index in [2.05, 4.69) is 9.47 Å². The molecule has 0 unspecified atom stereocenters. The van der Waals surface area contributed by atoms with Crippen molar-refractivity contribution in [3.05, 3.63) is 55.6 Å². The van der Waals surface area contributed by atoms with E-state index in [1.54, 1.807) is 0 Å². The van der Waals surface area contributed by atoms with Crippen molar-refractivity contribution < 1.29 is 36.6 Å². The largest absolute Gasteiger partial charge is 0.461 e. The van der Waals surface area contributed by atoms with Gasteiger partial charge in [-0.05, 0) is 6.07 Å². The summed E-state index contributed by atoms with van der Waals surface area (Å²) in [5.74, 6) is -4.89. The average Bonchev–Trinajstić information content (AvgIpc) is 2.59. The monoisotopic (exact) mass is 424 g/mol. The van der Waals surface area contributed by atoms with Crippen LogP contribution in [0.4, 0.5) is 17.6 Å². The Morgan fingerprint density at radius 2 is 1.71 bits per heavy atom. The van der Waals surface area contributed by atoms with Crippen LogP contribution in [0.2, 0.25) is 5.02 Å². The first kappa shape index (κ1) is 21.2. The van der Waals surface area contributed by atoms with Crippen LogP contribution < -0.4 is 16.0 Å². The van der Waals surface area contributed by atoms with Gasteiger partial charge in [0.2, 0.25) is 0 Å². The summed E-state index contributed by atoms with van der Waals surface area (Å²) in [6.45, 7) is 0. The SMILES string of the molecule is COC(=O)C(=O)Oc1cc(-n2c(=O)cc(C(F)(F)F)n(C)c2=O)c(F)cc1Cl. The van der Waals surface area contributed by atoms with Crippen molar-refractivity contribution in [2.45, 2.75) is 6.18 Å². The zero-order valence-corrected chi connectivity index (χ0v) is 14.7. The number of carbonyl (C=O) groups excluding carboxylic acids is 2. The number of rotatable bonds is 2. The van der Waals surface area contributed by atoms with Crippen molar-refractivity contribution >= 4 is 23.5 Å². The number of aromatic nitrogens is 2. The second-order valence-corrected chi connectivity index (χ2v) is 5.56. The maximum Gasteiger partial charge on any atom is 0.431 e. The summed E-state index contributed by atoms with van der Waals surface area (Å²) in [6, 6.07) is 1.24. The third-order valence-corrected chi connectivity index (χ3v) is 3.70. The van der Waals surface area contributed by atoms with Gasteiger partial charge >= 0.3 is 23.8 Å². The summed E-state index contributed by atoms with van der Waals surface area (Å²) >= 11 is 5.69. The van der Waals surface area contributed by atoms with Crippen LogP contribution in [0.1, 0.15) is 5.69 Å². The molecule has 0 amide bonds. The van der Waals surface area contributed by atoms with Crippen molar-refractivity contribution in [3.8, 4) is 11.4 Å². The number of carbonyl (C=O) groups is 2. The number of benzene rings is 1. The minimum atomic E-state index is -5.01. The average molecular weight is 425 g/mol. The summed E-state index contributed by atoms with van der Waals surface area (Å²) in [4.78, 5) is 46.8. The first-order valence-corrected chi connectivity index (χ1v) is 7.46. The molecule has 0 fully saturated rings. The first-order valence-electron chi connectivity index (χ1n) is 7.08. The van der Waals surface area contributed by atoms with Crippen LogP contribution in [0.3, 0.4) is 0 Å². The molecule has 8 nitrogen and oxygen atoms in total. The van der Waals surface area contributed by atoms with Gasteiger partial charge in [0.1, 0.15) is 11.5 Å². The normalized spacial score (nSPS) is 11.2. The maximum absolute atomic E-state index is 14.3. The summed E-state index contributed by atoms with van der Waals surface area (Å²) in [5, 5.41) is -0.518. The maximum atomic E-state index is 14.3. The lowest BCUT2D eigenvalue weighted by atomic mass is 10.2. The van der Waals surface area contributed by atoms with E-state index in [1.807, 2.05) is 0 Å². The van der Waals surface area contributed by atoms with Crippen molar-refractivity contribution in [2.75, 3.05) is 7.11 Å². The van der Waals surface area contributed by atoms with E-state index in [1.165, 1.54) is 0 Å². The third-order valence-electron chi connectivity index (χ3n) is 3.41. The highest BCUT2D eigenvalue weighted by Gasteiger charge is 2.35. The smallest absolute Gasteiger partial charge is 0.431 e. The van der Waals surface area contributed by atoms with E-state index in [0.29, 0.717) is 12.1 Å². The Hall–Kier alpha value is -3.15. The molecule has 0 bridgehead atoms. The molecule has 0 saturated carbocycles. The molecule has 28 heavy (non-hydrogen) atoms. The summed E-state index contributed by atoms with van der Waals surface area (Å²) in [7, 11) is 1.61. The van der Waals surface area contributed by atoms with Crippen LogP contribution in [0, 0.1) is 5.82 Å². The molecule has 0 radical (unpaired) electrons. The molecule has 1 aromatic carbocycles. The molecule has 0 spiro atoms. The van der Waals surface area contributed by atoms with Crippen LogP contribution in [-0.2, 0) is 27.5 Å². The van der Waals surface area contributed by atoms with E-state index in [0.717, 1.165) is 14.2 Å². The standard InChI is InChI=1S/C15H9ClF4N2O6/c1-21-10(15(18,19)20)5-11(23)22(14(21)26)8-4-9(6(16)3-7(8)17)28-13(25)12(24)27-2/h3-5H,1-2H3. The first-order chi connectivity index (χ1) is 12.9. The van der Waals surface area contributed by atoms with Gasteiger partial charge in [0.25, 0.3) is 5.56 Å². The number of methoxy groups -OCH3 is 1. The van der Waals surface area contributed by atoms with Crippen molar-refractivity contribution in [1.82, 2.24) is 9.13 Å². The van der Waals surface area contributed by atoms with E-state index < -0.39 is 57.3 Å². The van der Waals surface area contributed by atoms with Crippen LogP contribution in [0.15, 0.2) is 27.8 Å². The van der Waals surface area contributed by atoms with Gasteiger partial charge in [0.15, 0.2) is 5.75 Å². The lowest BCUT2D eigenvalue weighted by Crippen LogP contribution is -2.41. The number of nitrogens with zero attached hydrogens (tertiary/aromatic N) is 2. The predicted molar refractivity (Wildman–Crippen MR) is 84.9 cm³/mol. The molecule has 0 aliphatic rings. The number of halogens is 5. The molecule has 1 aromatic heterocycles. The van der Waals surface area contributed by atoms with Gasteiger partial charge in [-0.15, -0.1) is 0 Å². The van der Waals surface area contributed by atoms with E-state index >= 15 is 0 Å². The molecule has 0 N–H and O–H groups in total. The third kappa shape index (κ3) is 3.91. The van der Waals surface area contributed by atoms with Crippen molar-refractivity contribution in [3.63, 3.8) is 0 Å². The Labute approximate surface area is 157 Å². The molecule has 0 aliphatic heterocycles. The van der Waals surface area contributed by atoms with Gasteiger partial charge in [-0.3, -0.25) is 9.36 Å². The fourth-order valence-corrected chi connectivity index (χ4v) is 2.30. The molecular weight excluding hydrogens is 416 g/mol. The second-order valence-electron chi connectivity index (χ2n) is 5.16. The van der Waals surface area contributed by atoms with E-state index in [4.69, 9.17) is 11.6 Å². The Balaban J connectivity index is 2.70. The minimum Gasteiger partial charge on any atom is -0.461 e. The molecule has 13 heteroatoms. The summed E-state index contributed by atoms with van der Waals surface area (Å²) in [5.41, 5.74) is -5.42. The Bertz CT molecular complexity index is 1090. The summed E-state index contributed by atoms with van der Waals surface area (Å²) < 4.78 is 61.8. The highest BCUT2D eigenvalue weighted by atomic mass is 35.5. The van der Waals surface area contributed by atoms with E-state index in [-0.39, 0.29) is 15.2 Å². The molecule has 1 heterocycles. The van der Waals surface area contributed by atoms with E-state index in [9.17, 15) is 36.7 Å². The topological polar surface area (TPSA) is 96.6 Å². The highest BCUT2D eigenvalue weighted by molar-refractivity contribution is 6.33. The van der Waals surface area contributed by atoms with Crippen LogP contribution in [0.5, 0.6) is 5.75 Å². The molecule has 150 valence electrons. The minimum absolute atomic E-state index is 0.0797. The molecular formula is C15H9ClF4N2O6. The lowest BCUT2D eigenvalue weighted by Gasteiger charge is -2.15. The lowest BCUT2D eigenvalue weighted by molar-refractivity contribution is -0.160. The second kappa shape index (κ2) is 7.46. The Kier molecular flexibility index (Phi) is 5.64. The predicted octanol–water partition coefficient (Wildman–Crippen LogP) is 1.43. The number of esters is 2. The Morgan fingerprint density at radius 3 is 2.25 bits per heavy atom. The highest BCUT2D eigenvalue weighted by Crippen LogP contribution is 2.30. The molecule has 2 rings (SSSR count). The quantitative estimate of drug-likeness (QED) is 0.313. The van der Waals surface area contributed by atoms with Gasteiger partial charge in [0, 0.05) is 19.2 Å². The van der Waals surface area contributed by atoms with Crippen LogP contribution in [0.25, 0.3) is 5.69 Å². The molecule has 2 aromatic rings. The fourth-order valence-electron chi connectivity index (χ4n) is 2.11. The summed E-state index contributed by atoms with van der Waals surface area (Å²) in [6.07, 6.45) is -5.01. The van der Waals surface area contributed by atoms with Gasteiger partial charge in [-0.2, -0.15) is 13.2 Å². The van der Waals surface area contributed by atoms with Crippen LogP contribution in [-0.4, -0.2) is 28.2 Å². The van der Waals surface area contributed by atoms with Crippen LogP contribution >= 0.6 is 11.6 Å². The molecule has 0 saturated heterocycles. The fraction of sp³-hybridized carbons (Fsp3) is 0.200. The van der Waals surface area contributed by atoms with Gasteiger partial charge in [-0.25, -0.2) is 23.3 Å². The van der Waals surface area contributed by atoms with Crippen molar-refractivity contribution in [1.29, 1.82) is 0 Å². The van der Waals surface area contributed by atoms with Crippen molar-refractivity contribution in [2.24, 2.45) is 7.05 Å². The van der Waals surface area contributed by atoms with Gasteiger partial charge in [-0.1, -0.05) is 11.6 Å². The number of hydrogen-bond donors (Lipinski definition) is 0. The zero-order chi connectivity index (χ0) is 21.4. The molecule has 0 atom stereocenters. The number of alkyl halides is 3. The Morgan fingerprint density at radius 1 is 1.11 bits per heavy atom. The van der Waals surface area contributed by atoms with Gasteiger partial charge < -0.3 is 9.47 Å². The zero-order valence-electron chi connectivity index (χ0n) is 14.0.